The van der Waals surface area contributed by atoms with Crippen LogP contribution in [0.25, 0.3) is 33.8 Å². The molecular weight excluding hydrogens is 576 g/mol. The second kappa shape index (κ2) is 15.2. The van der Waals surface area contributed by atoms with E-state index in [1.165, 1.54) is 7.11 Å². The highest BCUT2D eigenvalue weighted by molar-refractivity contribution is 5.86. The topological polar surface area (TPSA) is 161 Å². The Labute approximate surface area is 262 Å². The molecule has 12 heteroatoms. The summed E-state index contributed by atoms with van der Waals surface area (Å²) in [6.45, 7) is 8.05. The van der Waals surface area contributed by atoms with Crippen LogP contribution in [0.2, 0.25) is 0 Å². The quantitative estimate of drug-likeness (QED) is 0.167. The molecule has 4 rings (SSSR count). The molecule has 0 aliphatic rings. The molecule has 0 spiro atoms. The van der Waals surface area contributed by atoms with Gasteiger partial charge in [0.25, 0.3) is 0 Å². The molecule has 2 atom stereocenters. The third kappa shape index (κ3) is 8.57. The predicted molar refractivity (Wildman–Crippen MR) is 169 cm³/mol. The SMILES string of the molecule is CNCC(=O)NCc1ncc(-c2ccc(-c3ccc(-c4cnc(C(NC(=O)C(NC(=O)OC)C(C)C)C(C)C)o4)cc3)cc2)o1. The van der Waals surface area contributed by atoms with Crippen LogP contribution in [-0.4, -0.2) is 54.6 Å². The predicted octanol–water partition coefficient (Wildman–Crippen LogP) is 4.69. The van der Waals surface area contributed by atoms with Gasteiger partial charge in [-0.05, 0) is 30.0 Å². The van der Waals surface area contributed by atoms with E-state index in [0.717, 1.165) is 22.3 Å². The molecule has 2 unspecified atom stereocenters. The average molecular weight is 617 g/mol. The maximum Gasteiger partial charge on any atom is 0.407 e. The van der Waals surface area contributed by atoms with Crippen molar-refractivity contribution in [2.75, 3.05) is 20.7 Å². The molecule has 45 heavy (non-hydrogen) atoms. The van der Waals surface area contributed by atoms with Crippen LogP contribution in [-0.2, 0) is 20.9 Å². The monoisotopic (exact) mass is 616 g/mol. The molecule has 0 aliphatic heterocycles. The lowest BCUT2D eigenvalue weighted by atomic mass is 10.0. The van der Waals surface area contributed by atoms with Gasteiger partial charge in [0.2, 0.25) is 23.6 Å². The average Bonchev–Trinajstić information content (AvgIpc) is 3.72. The van der Waals surface area contributed by atoms with E-state index in [1.807, 2.05) is 76.2 Å². The van der Waals surface area contributed by atoms with Gasteiger partial charge in [0.1, 0.15) is 12.1 Å². The van der Waals surface area contributed by atoms with E-state index >= 15 is 0 Å². The van der Waals surface area contributed by atoms with E-state index in [0.29, 0.717) is 23.3 Å². The number of benzene rings is 2. The third-order valence-corrected chi connectivity index (χ3v) is 7.16. The smallest absolute Gasteiger partial charge is 0.407 e. The van der Waals surface area contributed by atoms with Crippen LogP contribution >= 0.6 is 0 Å². The van der Waals surface area contributed by atoms with Crippen molar-refractivity contribution in [3.8, 4) is 33.8 Å². The van der Waals surface area contributed by atoms with Crippen LogP contribution in [0.3, 0.4) is 0 Å². The van der Waals surface area contributed by atoms with Gasteiger partial charge in [0, 0.05) is 11.1 Å². The van der Waals surface area contributed by atoms with E-state index in [4.69, 9.17) is 8.83 Å². The van der Waals surface area contributed by atoms with E-state index in [-0.39, 0.29) is 36.7 Å². The Kier molecular flexibility index (Phi) is 11.1. The fourth-order valence-corrected chi connectivity index (χ4v) is 4.62. The minimum atomic E-state index is -0.773. The Balaban J connectivity index is 1.42. The minimum Gasteiger partial charge on any atom is -0.453 e. The number of hydrogen-bond acceptors (Lipinski definition) is 9. The summed E-state index contributed by atoms with van der Waals surface area (Å²) in [5.74, 6) is 1.34. The van der Waals surface area contributed by atoms with Crippen molar-refractivity contribution in [2.24, 2.45) is 11.8 Å². The van der Waals surface area contributed by atoms with Gasteiger partial charge >= 0.3 is 6.09 Å². The van der Waals surface area contributed by atoms with Crippen LogP contribution in [0.5, 0.6) is 0 Å². The summed E-state index contributed by atoms with van der Waals surface area (Å²) < 4.78 is 16.6. The number of ether oxygens (including phenoxy) is 1. The summed E-state index contributed by atoms with van der Waals surface area (Å²) in [4.78, 5) is 45.2. The number of amides is 3. The molecule has 0 saturated carbocycles. The van der Waals surface area contributed by atoms with E-state index in [1.54, 1.807) is 19.4 Å². The Bertz CT molecular complexity index is 1580. The fraction of sp³-hybridized carbons (Fsp3) is 0.364. The van der Waals surface area contributed by atoms with Gasteiger partial charge in [-0.1, -0.05) is 76.2 Å². The Hall–Kier alpha value is -4.97. The van der Waals surface area contributed by atoms with Gasteiger partial charge < -0.3 is 34.8 Å². The van der Waals surface area contributed by atoms with Crippen LogP contribution in [0.4, 0.5) is 4.79 Å². The van der Waals surface area contributed by atoms with Gasteiger partial charge in [0.05, 0.1) is 32.6 Å². The Morgan fingerprint density at radius 2 is 1.33 bits per heavy atom. The summed E-state index contributed by atoms with van der Waals surface area (Å²) in [6, 6.07) is 14.6. The summed E-state index contributed by atoms with van der Waals surface area (Å²) in [5, 5.41) is 11.1. The highest BCUT2D eigenvalue weighted by Gasteiger charge is 2.30. The second-order valence-electron chi connectivity index (χ2n) is 11.2. The molecule has 2 aromatic carbocycles. The molecule has 3 amide bonds. The number of nitrogens with one attached hydrogen (secondary N) is 4. The first-order valence-corrected chi connectivity index (χ1v) is 14.8. The van der Waals surface area contributed by atoms with Gasteiger partial charge in [-0.25, -0.2) is 14.8 Å². The minimum absolute atomic E-state index is 0.0236. The number of alkyl carbamates (subject to hydrolysis) is 1. The molecule has 0 fully saturated rings. The van der Waals surface area contributed by atoms with Crippen LogP contribution in [0.15, 0.2) is 69.8 Å². The van der Waals surface area contributed by atoms with E-state index < -0.39 is 18.2 Å². The largest absolute Gasteiger partial charge is 0.453 e. The zero-order valence-corrected chi connectivity index (χ0v) is 26.3. The van der Waals surface area contributed by atoms with Crippen molar-refractivity contribution in [2.45, 2.75) is 46.3 Å². The fourth-order valence-electron chi connectivity index (χ4n) is 4.62. The number of oxazole rings is 2. The lowest BCUT2D eigenvalue weighted by Gasteiger charge is -2.25. The van der Waals surface area contributed by atoms with E-state index in [9.17, 15) is 14.4 Å². The zero-order chi connectivity index (χ0) is 32.5. The van der Waals surface area contributed by atoms with Crippen LogP contribution in [0, 0.1) is 11.8 Å². The van der Waals surface area contributed by atoms with E-state index in [2.05, 4.69) is 36.0 Å². The third-order valence-electron chi connectivity index (χ3n) is 7.16. The van der Waals surface area contributed by atoms with Gasteiger partial charge in [-0.3, -0.25) is 9.59 Å². The molecular formula is C33H40N6O6. The summed E-state index contributed by atoms with van der Waals surface area (Å²) >= 11 is 0. The number of aromatic nitrogens is 2. The lowest BCUT2D eigenvalue weighted by molar-refractivity contribution is -0.125. The van der Waals surface area contributed by atoms with Gasteiger partial charge in [-0.15, -0.1) is 0 Å². The lowest BCUT2D eigenvalue weighted by Crippen LogP contribution is -2.51. The summed E-state index contributed by atoms with van der Waals surface area (Å²) in [7, 11) is 2.96. The molecule has 4 N–H and O–H groups in total. The highest BCUT2D eigenvalue weighted by atomic mass is 16.5. The molecule has 2 aromatic heterocycles. The molecule has 12 nitrogen and oxygen atoms in total. The van der Waals surface area contributed by atoms with Crippen molar-refractivity contribution in [1.29, 1.82) is 0 Å². The Morgan fingerprint density at radius 3 is 1.87 bits per heavy atom. The number of carbonyl (C=O) groups excluding carboxylic acids is 3. The van der Waals surface area contributed by atoms with Crippen molar-refractivity contribution >= 4 is 17.9 Å². The molecule has 238 valence electrons. The second-order valence-corrected chi connectivity index (χ2v) is 11.2. The molecule has 0 saturated heterocycles. The Morgan fingerprint density at radius 1 is 0.778 bits per heavy atom. The van der Waals surface area contributed by atoms with Crippen molar-refractivity contribution < 1.29 is 28.0 Å². The number of methoxy groups -OCH3 is 1. The standard InChI is InChI=1S/C33H40N6O6/c1-19(2)29(39-33(42)43-6)31(41)38-30(20(3)4)32-37-16-26(45-32)24-13-9-22(10-14-24)21-7-11-23(12-8-21)25-15-36-28(44-25)18-35-27(40)17-34-5/h7-16,19-20,29-30,34H,17-18H2,1-6H3,(H,35,40)(H,38,41)(H,39,42). The van der Waals surface area contributed by atoms with Crippen molar-refractivity contribution in [3.63, 3.8) is 0 Å². The zero-order valence-electron chi connectivity index (χ0n) is 26.3. The normalized spacial score (nSPS) is 12.5. The molecule has 0 radical (unpaired) electrons. The number of likely N-dealkylation sites (N-methyl/N-ethyl adjacent to an activating group) is 1. The number of carbonyl (C=O) groups is 3. The number of hydrogen-bond donors (Lipinski definition) is 4. The molecule has 2 heterocycles. The first-order chi connectivity index (χ1) is 21.6. The molecule has 4 aromatic rings. The van der Waals surface area contributed by atoms with Crippen LogP contribution < -0.4 is 21.3 Å². The maximum atomic E-state index is 13.1. The summed E-state index contributed by atoms with van der Waals surface area (Å²) in [6.07, 6.45) is 2.62. The van der Waals surface area contributed by atoms with Gasteiger partial charge in [-0.2, -0.15) is 0 Å². The first kappa shape index (κ1) is 32.9. The first-order valence-electron chi connectivity index (χ1n) is 14.8. The van der Waals surface area contributed by atoms with Crippen molar-refractivity contribution in [1.82, 2.24) is 31.2 Å². The maximum absolute atomic E-state index is 13.1. The van der Waals surface area contributed by atoms with Crippen molar-refractivity contribution in [3.05, 3.63) is 72.7 Å². The molecule has 0 aliphatic carbocycles. The number of nitrogens with zero attached hydrogens (tertiary/aromatic N) is 2. The highest BCUT2D eigenvalue weighted by Crippen LogP contribution is 2.30. The molecule has 0 bridgehead atoms. The summed E-state index contributed by atoms with van der Waals surface area (Å²) in [5.41, 5.74) is 3.75. The number of rotatable bonds is 13. The van der Waals surface area contributed by atoms with Gasteiger partial charge in [0.15, 0.2) is 11.5 Å². The van der Waals surface area contributed by atoms with Crippen LogP contribution in [0.1, 0.15) is 45.5 Å².